The monoisotopic (exact) mass is 264 g/mol. The molecule has 1 saturated heterocycles. The number of carbonyl (C=O) groups is 2. The molecule has 0 aliphatic carbocycles. The standard InChI is InChI=1S/C13H16N2O4/c1-13(12(17)18)4-6-15(8-13)11(16)9-3-5-14-7-10(9)19-2/h3,5,7H,4,6,8H2,1-2H3,(H,17,18). The van der Waals surface area contributed by atoms with E-state index >= 15 is 0 Å². The van der Waals surface area contributed by atoms with Gasteiger partial charge in [0, 0.05) is 19.3 Å². The molecular weight excluding hydrogens is 248 g/mol. The van der Waals surface area contributed by atoms with Gasteiger partial charge in [0.25, 0.3) is 5.91 Å². The van der Waals surface area contributed by atoms with E-state index in [-0.39, 0.29) is 12.5 Å². The molecule has 1 aromatic heterocycles. The minimum absolute atomic E-state index is 0.215. The highest BCUT2D eigenvalue weighted by Gasteiger charge is 2.42. The number of amides is 1. The Hall–Kier alpha value is -2.11. The van der Waals surface area contributed by atoms with Crippen LogP contribution in [0.4, 0.5) is 0 Å². The molecule has 1 unspecified atom stereocenters. The number of pyridine rings is 1. The van der Waals surface area contributed by atoms with Gasteiger partial charge in [0.2, 0.25) is 0 Å². The van der Waals surface area contributed by atoms with Crippen LogP contribution in [0.1, 0.15) is 23.7 Å². The summed E-state index contributed by atoms with van der Waals surface area (Å²) in [6.07, 6.45) is 3.45. The van der Waals surface area contributed by atoms with Crippen molar-refractivity contribution in [3.05, 3.63) is 24.0 Å². The van der Waals surface area contributed by atoms with Crippen LogP contribution >= 0.6 is 0 Å². The molecule has 2 rings (SSSR count). The number of rotatable bonds is 3. The lowest BCUT2D eigenvalue weighted by Crippen LogP contribution is -2.35. The molecule has 0 radical (unpaired) electrons. The zero-order chi connectivity index (χ0) is 14.0. The fourth-order valence-electron chi connectivity index (χ4n) is 2.20. The largest absolute Gasteiger partial charge is 0.494 e. The lowest BCUT2D eigenvalue weighted by molar-refractivity contribution is -0.147. The molecule has 19 heavy (non-hydrogen) atoms. The second-order valence-corrected chi connectivity index (χ2v) is 4.92. The first kappa shape index (κ1) is 13.3. The number of hydrogen-bond donors (Lipinski definition) is 1. The van der Waals surface area contributed by atoms with E-state index in [1.165, 1.54) is 19.5 Å². The van der Waals surface area contributed by atoms with E-state index in [0.29, 0.717) is 24.3 Å². The van der Waals surface area contributed by atoms with E-state index in [1.807, 2.05) is 0 Å². The fraction of sp³-hybridized carbons (Fsp3) is 0.462. The molecule has 1 aliphatic rings. The van der Waals surface area contributed by atoms with E-state index in [1.54, 1.807) is 17.9 Å². The van der Waals surface area contributed by atoms with E-state index in [9.17, 15) is 14.7 Å². The molecule has 1 aliphatic heterocycles. The van der Waals surface area contributed by atoms with E-state index < -0.39 is 11.4 Å². The van der Waals surface area contributed by atoms with Crippen molar-refractivity contribution in [3.63, 3.8) is 0 Å². The average molecular weight is 264 g/mol. The van der Waals surface area contributed by atoms with E-state index in [0.717, 1.165) is 0 Å². The summed E-state index contributed by atoms with van der Waals surface area (Å²) in [5.74, 6) is -0.690. The smallest absolute Gasteiger partial charge is 0.311 e. The lowest BCUT2D eigenvalue weighted by Gasteiger charge is -2.20. The van der Waals surface area contributed by atoms with Crippen molar-refractivity contribution in [2.24, 2.45) is 5.41 Å². The number of carboxylic acids is 1. The maximum atomic E-state index is 12.4. The molecule has 1 amide bonds. The Labute approximate surface area is 111 Å². The molecule has 6 heteroatoms. The van der Waals surface area contributed by atoms with Gasteiger partial charge in [0.15, 0.2) is 0 Å². The second-order valence-electron chi connectivity index (χ2n) is 4.92. The lowest BCUT2D eigenvalue weighted by atomic mass is 9.90. The van der Waals surface area contributed by atoms with Gasteiger partial charge in [0.1, 0.15) is 5.75 Å². The maximum absolute atomic E-state index is 12.4. The van der Waals surface area contributed by atoms with Crippen molar-refractivity contribution in [2.75, 3.05) is 20.2 Å². The van der Waals surface area contributed by atoms with Crippen molar-refractivity contribution in [2.45, 2.75) is 13.3 Å². The zero-order valence-corrected chi connectivity index (χ0v) is 10.9. The first-order valence-electron chi connectivity index (χ1n) is 5.98. The van der Waals surface area contributed by atoms with Crippen LogP contribution in [0.25, 0.3) is 0 Å². The molecule has 1 N–H and O–H groups in total. The third-order valence-electron chi connectivity index (χ3n) is 3.51. The quantitative estimate of drug-likeness (QED) is 0.882. The highest BCUT2D eigenvalue weighted by Crippen LogP contribution is 2.32. The van der Waals surface area contributed by atoms with Gasteiger partial charge in [-0.1, -0.05) is 0 Å². The molecule has 6 nitrogen and oxygen atoms in total. The van der Waals surface area contributed by atoms with E-state index in [4.69, 9.17) is 4.74 Å². The van der Waals surface area contributed by atoms with Gasteiger partial charge in [-0.3, -0.25) is 14.6 Å². The average Bonchev–Trinajstić information content (AvgIpc) is 2.82. The number of carboxylic acid groups (broad SMARTS) is 1. The van der Waals surface area contributed by atoms with Crippen LogP contribution in [0.5, 0.6) is 5.75 Å². The number of nitrogens with zero attached hydrogens (tertiary/aromatic N) is 2. The molecule has 1 atom stereocenters. The highest BCUT2D eigenvalue weighted by molar-refractivity contribution is 5.97. The molecule has 0 saturated carbocycles. The summed E-state index contributed by atoms with van der Waals surface area (Å²) in [4.78, 5) is 29.0. The number of likely N-dealkylation sites (tertiary alicyclic amines) is 1. The van der Waals surface area contributed by atoms with Gasteiger partial charge in [-0.25, -0.2) is 0 Å². The van der Waals surface area contributed by atoms with Crippen LogP contribution in [-0.2, 0) is 4.79 Å². The Bertz CT molecular complexity index is 517. The molecule has 1 aromatic rings. The van der Waals surface area contributed by atoms with Gasteiger partial charge in [-0.15, -0.1) is 0 Å². The van der Waals surface area contributed by atoms with Gasteiger partial charge in [-0.05, 0) is 19.4 Å². The van der Waals surface area contributed by atoms with Gasteiger partial charge in [-0.2, -0.15) is 0 Å². The molecule has 0 bridgehead atoms. The van der Waals surface area contributed by atoms with Crippen molar-refractivity contribution >= 4 is 11.9 Å². The van der Waals surface area contributed by atoms with Gasteiger partial charge >= 0.3 is 5.97 Å². The van der Waals surface area contributed by atoms with Crippen LogP contribution in [0.3, 0.4) is 0 Å². The number of methoxy groups -OCH3 is 1. The Balaban J connectivity index is 2.20. The molecule has 2 heterocycles. The van der Waals surface area contributed by atoms with E-state index in [2.05, 4.69) is 4.98 Å². The summed E-state index contributed by atoms with van der Waals surface area (Å²) in [5.41, 5.74) is -0.456. The summed E-state index contributed by atoms with van der Waals surface area (Å²) in [7, 11) is 1.47. The Morgan fingerprint density at radius 3 is 2.84 bits per heavy atom. The Kier molecular flexibility index (Phi) is 3.42. The molecular formula is C13H16N2O4. The van der Waals surface area contributed by atoms with Crippen LogP contribution in [0.15, 0.2) is 18.5 Å². The molecule has 102 valence electrons. The second kappa shape index (κ2) is 4.87. The first-order chi connectivity index (χ1) is 8.98. The predicted octanol–water partition coefficient (Wildman–Crippen LogP) is 1.03. The zero-order valence-electron chi connectivity index (χ0n) is 10.9. The normalized spacial score (nSPS) is 22.3. The van der Waals surface area contributed by atoms with Crippen LogP contribution in [0, 0.1) is 5.41 Å². The SMILES string of the molecule is COc1cnccc1C(=O)N1CCC(C)(C(=O)O)C1. The number of carbonyl (C=O) groups excluding carboxylic acids is 1. The fourth-order valence-corrected chi connectivity index (χ4v) is 2.20. The Morgan fingerprint density at radius 1 is 1.53 bits per heavy atom. The third kappa shape index (κ3) is 2.38. The molecule has 1 fully saturated rings. The Morgan fingerprint density at radius 2 is 2.26 bits per heavy atom. The number of aromatic nitrogens is 1. The van der Waals surface area contributed by atoms with Gasteiger partial charge < -0.3 is 14.7 Å². The van der Waals surface area contributed by atoms with Crippen LogP contribution in [-0.4, -0.2) is 47.1 Å². The number of hydrogen-bond acceptors (Lipinski definition) is 4. The third-order valence-corrected chi connectivity index (χ3v) is 3.51. The highest BCUT2D eigenvalue weighted by atomic mass is 16.5. The van der Waals surface area contributed by atoms with Crippen molar-refractivity contribution in [1.82, 2.24) is 9.88 Å². The summed E-state index contributed by atoms with van der Waals surface area (Å²) >= 11 is 0. The number of aliphatic carboxylic acids is 1. The summed E-state index contributed by atoms with van der Waals surface area (Å²) in [6.45, 7) is 2.31. The predicted molar refractivity (Wildman–Crippen MR) is 67.1 cm³/mol. The van der Waals surface area contributed by atoms with Crippen molar-refractivity contribution in [1.29, 1.82) is 0 Å². The summed E-state index contributed by atoms with van der Waals surface area (Å²) < 4.78 is 5.10. The molecule has 0 aromatic carbocycles. The number of ether oxygens (including phenoxy) is 1. The maximum Gasteiger partial charge on any atom is 0.311 e. The van der Waals surface area contributed by atoms with Crippen molar-refractivity contribution < 1.29 is 19.4 Å². The van der Waals surface area contributed by atoms with Crippen LogP contribution in [0.2, 0.25) is 0 Å². The summed E-state index contributed by atoms with van der Waals surface area (Å²) in [5, 5.41) is 9.17. The van der Waals surface area contributed by atoms with Gasteiger partial charge in [0.05, 0.1) is 24.3 Å². The topological polar surface area (TPSA) is 79.7 Å². The molecule has 0 spiro atoms. The van der Waals surface area contributed by atoms with Crippen LogP contribution < -0.4 is 4.74 Å². The first-order valence-corrected chi connectivity index (χ1v) is 5.98. The minimum Gasteiger partial charge on any atom is -0.494 e. The van der Waals surface area contributed by atoms with Crippen molar-refractivity contribution in [3.8, 4) is 5.75 Å². The minimum atomic E-state index is -0.871. The summed E-state index contributed by atoms with van der Waals surface area (Å²) in [6, 6.07) is 1.58.